The molecule has 30 heavy (non-hydrogen) atoms. The number of nitrogens with one attached hydrogen (secondary N) is 3. The Morgan fingerprint density at radius 3 is 2.40 bits per heavy atom. The number of benzene rings is 2. The van der Waals surface area contributed by atoms with Crippen LogP contribution in [0.15, 0.2) is 42.5 Å². The zero-order valence-corrected chi connectivity index (χ0v) is 17.4. The summed E-state index contributed by atoms with van der Waals surface area (Å²) in [4.78, 5) is 36.8. The van der Waals surface area contributed by atoms with Crippen LogP contribution in [0.5, 0.6) is 5.75 Å². The molecule has 0 saturated heterocycles. The zero-order chi connectivity index (χ0) is 22.3. The number of hydrogen-bond acceptors (Lipinski definition) is 4. The van der Waals surface area contributed by atoms with E-state index in [4.69, 9.17) is 4.74 Å². The van der Waals surface area contributed by atoms with Crippen LogP contribution in [0.1, 0.15) is 38.1 Å². The Bertz CT molecular complexity index is 930. The topological polar surface area (TPSA) is 96.5 Å². The number of amides is 3. The van der Waals surface area contributed by atoms with E-state index in [1.807, 2.05) is 6.92 Å². The van der Waals surface area contributed by atoms with Crippen LogP contribution in [0.2, 0.25) is 0 Å². The van der Waals surface area contributed by atoms with E-state index >= 15 is 0 Å². The molecule has 1 unspecified atom stereocenters. The van der Waals surface area contributed by atoms with Crippen molar-refractivity contribution in [1.82, 2.24) is 5.32 Å². The molecule has 0 bridgehead atoms. The first-order valence-corrected chi connectivity index (χ1v) is 9.63. The first kappa shape index (κ1) is 22.9. The van der Waals surface area contributed by atoms with Crippen molar-refractivity contribution in [2.45, 2.75) is 33.7 Å². The average molecular weight is 415 g/mol. The van der Waals surface area contributed by atoms with Crippen molar-refractivity contribution >= 4 is 29.1 Å². The van der Waals surface area contributed by atoms with Crippen LogP contribution < -0.4 is 20.7 Å². The summed E-state index contributed by atoms with van der Waals surface area (Å²) < 4.78 is 19.3. The van der Waals surface area contributed by atoms with Gasteiger partial charge >= 0.3 is 0 Å². The molecule has 2 rings (SSSR count). The second kappa shape index (κ2) is 10.4. The fourth-order valence-corrected chi connectivity index (χ4v) is 2.80. The molecule has 0 heterocycles. The molecule has 1 atom stereocenters. The third kappa shape index (κ3) is 6.04. The fourth-order valence-electron chi connectivity index (χ4n) is 2.80. The lowest BCUT2D eigenvalue weighted by Gasteiger charge is -2.22. The molecule has 0 saturated carbocycles. The molecular weight excluding hydrogens is 389 g/mol. The van der Waals surface area contributed by atoms with Crippen molar-refractivity contribution < 1.29 is 23.5 Å². The number of anilines is 2. The number of ether oxygens (including phenoxy) is 1. The van der Waals surface area contributed by atoms with Crippen molar-refractivity contribution in [2.24, 2.45) is 5.92 Å². The third-order valence-electron chi connectivity index (χ3n) is 4.21. The summed E-state index contributed by atoms with van der Waals surface area (Å²) in [5.74, 6) is -1.75. The number of para-hydroxylation sites is 1. The molecule has 0 fully saturated rings. The number of rotatable bonds is 8. The molecule has 8 heteroatoms. The normalized spacial score (nSPS) is 11.5. The van der Waals surface area contributed by atoms with Gasteiger partial charge in [-0.05, 0) is 43.2 Å². The van der Waals surface area contributed by atoms with E-state index in [9.17, 15) is 18.8 Å². The molecule has 2 aromatic carbocycles. The van der Waals surface area contributed by atoms with Crippen LogP contribution in [0.25, 0.3) is 0 Å². The highest BCUT2D eigenvalue weighted by Gasteiger charge is 2.26. The van der Waals surface area contributed by atoms with Gasteiger partial charge in [-0.3, -0.25) is 14.4 Å². The summed E-state index contributed by atoms with van der Waals surface area (Å²) in [7, 11) is 0. The minimum Gasteiger partial charge on any atom is -0.493 e. The Kier molecular flexibility index (Phi) is 7.91. The number of carbonyl (C=O) groups is 3. The highest BCUT2D eigenvalue weighted by molar-refractivity contribution is 6.02. The van der Waals surface area contributed by atoms with Crippen molar-refractivity contribution in [3.05, 3.63) is 53.8 Å². The van der Waals surface area contributed by atoms with Crippen LogP contribution >= 0.6 is 0 Å². The quantitative estimate of drug-likeness (QED) is 0.614. The standard InChI is InChI=1S/C22H26FN3O4/c1-5-30-19-9-7-6-8-16(19)21(28)26-20(13(2)3)22(29)25-15-10-11-17(23)18(12-15)24-14(4)27/h6-13,20H,5H2,1-4H3,(H,24,27)(H,25,29)(H,26,28). The van der Waals surface area contributed by atoms with Crippen LogP contribution in [-0.4, -0.2) is 30.4 Å². The number of hydrogen-bond donors (Lipinski definition) is 3. The van der Waals surface area contributed by atoms with Gasteiger partial charge in [0.1, 0.15) is 17.6 Å². The molecule has 7 nitrogen and oxygen atoms in total. The van der Waals surface area contributed by atoms with Crippen molar-refractivity contribution in [3.63, 3.8) is 0 Å². The Morgan fingerprint density at radius 1 is 1.07 bits per heavy atom. The average Bonchev–Trinajstić information content (AvgIpc) is 2.68. The summed E-state index contributed by atoms with van der Waals surface area (Å²) in [6.07, 6.45) is 0. The van der Waals surface area contributed by atoms with E-state index < -0.39 is 29.6 Å². The molecule has 0 aliphatic rings. The van der Waals surface area contributed by atoms with Gasteiger partial charge in [0.2, 0.25) is 11.8 Å². The second-order valence-electron chi connectivity index (χ2n) is 6.99. The first-order chi connectivity index (χ1) is 14.2. The summed E-state index contributed by atoms with van der Waals surface area (Å²) in [6.45, 7) is 7.07. The number of carbonyl (C=O) groups excluding carboxylic acids is 3. The van der Waals surface area contributed by atoms with Gasteiger partial charge < -0.3 is 20.7 Å². The molecule has 0 spiro atoms. The van der Waals surface area contributed by atoms with Gasteiger partial charge in [-0.1, -0.05) is 26.0 Å². The molecule has 2 aromatic rings. The third-order valence-corrected chi connectivity index (χ3v) is 4.21. The Morgan fingerprint density at radius 2 is 1.77 bits per heavy atom. The molecule has 160 valence electrons. The van der Waals surface area contributed by atoms with Crippen molar-refractivity contribution in [1.29, 1.82) is 0 Å². The van der Waals surface area contributed by atoms with E-state index in [-0.39, 0.29) is 11.6 Å². The van der Waals surface area contributed by atoms with E-state index in [1.165, 1.54) is 19.1 Å². The molecule has 0 aromatic heterocycles. The predicted molar refractivity (Wildman–Crippen MR) is 113 cm³/mol. The molecule has 0 aliphatic heterocycles. The van der Waals surface area contributed by atoms with Crippen molar-refractivity contribution in [3.8, 4) is 5.75 Å². The van der Waals surface area contributed by atoms with E-state index in [2.05, 4.69) is 16.0 Å². The van der Waals surface area contributed by atoms with Gasteiger partial charge in [0.25, 0.3) is 5.91 Å². The summed E-state index contributed by atoms with van der Waals surface area (Å²) in [5, 5.41) is 7.75. The summed E-state index contributed by atoms with van der Waals surface area (Å²) in [6, 6.07) is 9.77. The van der Waals surface area contributed by atoms with Crippen LogP contribution in [-0.2, 0) is 9.59 Å². The van der Waals surface area contributed by atoms with E-state index in [0.29, 0.717) is 23.6 Å². The number of halogens is 1. The van der Waals surface area contributed by atoms with E-state index in [1.54, 1.807) is 38.1 Å². The smallest absolute Gasteiger partial charge is 0.255 e. The highest BCUT2D eigenvalue weighted by atomic mass is 19.1. The van der Waals surface area contributed by atoms with Crippen LogP contribution in [0.4, 0.5) is 15.8 Å². The van der Waals surface area contributed by atoms with Gasteiger partial charge in [0, 0.05) is 12.6 Å². The van der Waals surface area contributed by atoms with Gasteiger partial charge in [0.05, 0.1) is 17.9 Å². The summed E-state index contributed by atoms with van der Waals surface area (Å²) >= 11 is 0. The van der Waals surface area contributed by atoms with Gasteiger partial charge in [0.15, 0.2) is 0 Å². The minimum atomic E-state index is -0.846. The molecule has 3 amide bonds. The van der Waals surface area contributed by atoms with Gasteiger partial charge in [-0.15, -0.1) is 0 Å². The van der Waals surface area contributed by atoms with E-state index in [0.717, 1.165) is 6.07 Å². The minimum absolute atomic E-state index is 0.0453. The fraction of sp³-hybridized carbons (Fsp3) is 0.318. The Hall–Kier alpha value is -3.42. The largest absolute Gasteiger partial charge is 0.493 e. The van der Waals surface area contributed by atoms with Gasteiger partial charge in [-0.25, -0.2) is 4.39 Å². The lowest BCUT2D eigenvalue weighted by atomic mass is 10.0. The van der Waals surface area contributed by atoms with Crippen LogP contribution in [0.3, 0.4) is 0 Å². The highest BCUT2D eigenvalue weighted by Crippen LogP contribution is 2.21. The predicted octanol–water partition coefficient (Wildman–Crippen LogP) is 3.58. The Balaban J connectivity index is 2.18. The maximum absolute atomic E-state index is 13.8. The SMILES string of the molecule is CCOc1ccccc1C(=O)NC(C(=O)Nc1ccc(F)c(NC(C)=O)c1)C(C)C. The maximum atomic E-state index is 13.8. The van der Waals surface area contributed by atoms with Crippen LogP contribution in [0, 0.1) is 11.7 Å². The molecule has 0 aliphatic carbocycles. The second-order valence-corrected chi connectivity index (χ2v) is 6.99. The van der Waals surface area contributed by atoms with Gasteiger partial charge in [-0.2, -0.15) is 0 Å². The molecule has 0 radical (unpaired) electrons. The molecule has 3 N–H and O–H groups in total. The first-order valence-electron chi connectivity index (χ1n) is 9.63. The Labute approximate surface area is 175 Å². The lowest BCUT2D eigenvalue weighted by Crippen LogP contribution is -2.47. The summed E-state index contributed by atoms with van der Waals surface area (Å²) in [5.41, 5.74) is 0.573. The maximum Gasteiger partial charge on any atom is 0.255 e. The van der Waals surface area contributed by atoms with Crippen molar-refractivity contribution in [2.75, 3.05) is 17.2 Å². The monoisotopic (exact) mass is 415 g/mol. The lowest BCUT2D eigenvalue weighted by molar-refractivity contribution is -0.119. The molecular formula is C22H26FN3O4. The zero-order valence-electron chi connectivity index (χ0n) is 17.4.